The van der Waals surface area contributed by atoms with Gasteiger partial charge in [-0.3, -0.25) is 14.5 Å². The number of likely N-dealkylation sites (tertiary alicyclic amines) is 1. The molecule has 1 fully saturated rings. The Kier molecular flexibility index (Phi) is 7.85. The molecule has 2 N–H and O–H groups in total. The summed E-state index contributed by atoms with van der Waals surface area (Å²) in [6.07, 6.45) is 1.72. The molecule has 2 aromatic carbocycles. The molecular weight excluding hydrogens is 378 g/mol. The van der Waals surface area contributed by atoms with E-state index in [-0.39, 0.29) is 17.7 Å². The third kappa shape index (κ3) is 6.32. The van der Waals surface area contributed by atoms with Gasteiger partial charge in [-0.1, -0.05) is 42.5 Å². The lowest BCUT2D eigenvalue weighted by Gasteiger charge is -2.32. The molecule has 2 aromatic rings. The van der Waals surface area contributed by atoms with E-state index in [0.29, 0.717) is 32.8 Å². The van der Waals surface area contributed by atoms with E-state index in [2.05, 4.69) is 0 Å². The van der Waals surface area contributed by atoms with Crippen molar-refractivity contribution in [2.45, 2.75) is 32.9 Å². The maximum Gasteiger partial charge on any atom is 0.237 e. The fraction of sp³-hybridized carbons (Fsp3) is 0.417. The minimum Gasteiger partial charge on any atom is -0.489 e. The summed E-state index contributed by atoms with van der Waals surface area (Å²) in [4.78, 5) is 28.1. The molecule has 0 unspecified atom stereocenters. The lowest BCUT2D eigenvalue weighted by molar-refractivity contribution is -0.134. The Balaban J connectivity index is 1.50. The molecule has 1 atom stereocenters. The highest BCUT2D eigenvalue weighted by molar-refractivity contribution is 5.79. The minimum absolute atomic E-state index is 0.0759. The van der Waals surface area contributed by atoms with E-state index in [0.717, 1.165) is 36.3 Å². The third-order valence-electron chi connectivity index (χ3n) is 5.55. The van der Waals surface area contributed by atoms with Gasteiger partial charge in [0.2, 0.25) is 11.8 Å². The SMILES string of the molecule is CCN(Cc1ccc(OCc2ccccc2)cc1)C(=O)CN1CCC[C@@H](C(N)=O)C1. The highest BCUT2D eigenvalue weighted by Crippen LogP contribution is 2.18. The maximum absolute atomic E-state index is 12.8. The average Bonchev–Trinajstić information content (AvgIpc) is 2.77. The van der Waals surface area contributed by atoms with Crippen molar-refractivity contribution in [3.63, 3.8) is 0 Å². The average molecular weight is 410 g/mol. The molecule has 0 aromatic heterocycles. The van der Waals surface area contributed by atoms with Gasteiger partial charge in [-0.15, -0.1) is 0 Å². The Morgan fingerprint density at radius 3 is 2.50 bits per heavy atom. The van der Waals surface area contributed by atoms with Crippen LogP contribution in [0.4, 0.5) is 0 Å². The smallest absolute Gasteiger partial charge is 0.237 e. The molecule has 1 heterocycles. The van der Waals surface area contributed by atoms with Crippen LogP contribution in [0.25, 0.3) is 0 Å². The molecule has 0 bridgehead atoms. The number of piperidine rings is 1. The van der Waals surface area contributed by atoms with Crippen LogP contribution in [0.2, 0.25) is 0 Å². The number of hydrogen-bond acceptors (Lipinski definition) is 4. The molecule has 6 heteroatoms. The summed E-state index contributed by atoms with van der Waals surface area (Å²) < 4.78 is 5.83. The molecule has 0 saturated carbocycles. The van der Waals surface area contributed by atoms with Gasteiger partial charge in [0, 0.05) is 19.6 Å². The summed E-state index contributed by atoms with van der Waals surface area (Å²) in [5.41, 5.74) is 7.63. The number of hydrogen-bond donors (Lipinski definition) is 1. The molecule has 1 aliphatic rings. The van der Waals surface area contributed by atoms with Gasteiger partial charge in [0.15, 0.2) is 0 Å². The van der Waals surface area contributed by atoms with Crippen molar-refractivity contribution in [1.82, 2.24) is 9.80 Å². The van der Waals surface area contributed by atoms with Crippen LogP contribution in [0.15, 0.2) is 54.6 Å². The summed E-state index contributed by atoms with van der Waals surface area (Å²) in [5, 5.41) is 0. The van der Waals surface area contributed by atoms with E-state index in [9.17, 15) is 9.59 Å². The molecule has 0 spiro atoms. The first-order valence-electron chi connectivity index (χ1n) is 10.6. The van der Waals surface area contributed by atoms with Crippen molar-refractivity contribution in [2.75, 3.05) is 26.2 Å². The Hall–Kier alpha value is -2.86. The quantitative estimate of drug-likeness (QED) is 0.691. The number of nitrogens with two attached hydrogens (primary N) is 1. The zero-order valence-corrected chi connectivity index (χ0v) is 17.6. The number of ether oxygens (including phenoxy) is 1. The standard InChI is InChI=1S/C24H31N3O3/c1-2-27(23(28)17-26-14-6-9-21(16-26)24(25)29)15-19-10-12-22(13-11-19)30-18-20-7-4-3-5-8-20/h3-5,7-8,10-13,21H,2,6,9,14-18H2,1H3,(H2,25,29)/t21-/m1/s1. The fourth-order valence-electron chi connectivity index (χ4n) is 3.75. The molecule has 1 aliphatic heterocycles. The van der Waals surface area contributed by atoms with Crippen LogP contribution >= 0.6 is 0 Å². The minimum atomic E-state index is -0.269. The number of amides is 2. The lowest BCUT2D eigenvalue weighted by Crippen LogP contribution is -2.46. The van der Waals surface area contributed by atoms with Crippen LogP contribution in [-0.2, 0) is 22.7 Å². The summed E-state index contributed by atoms with van der Waals surface area (Å²) in [7, 11) is 0. The molecule has 0 radical (unpaired) electrons. The second kappa shape index (κ2) is 10.8. The monoisotopic (exact) mass is 409 g/mol. The third-order valence-corrected chi connectivity index (χ3v) is 5.55. The number of likely N-dealkylation sites (N-methyl/N-ethyl adjacent to an activating group) is 1. The number of primary amides is 1. The van der Waals surface area contributed by atoms with Crippen LogP contribution in [0.3, 0.4) is 0 Å². The van der Waals surface area contributed by atoms with Crippen molar-refractivity contribution in [3.05, 3.63) is 65.7 Å². The summed E-state index contributed by atoms with van der Waals surface area (Å²) in [5.74, 6) is 0.467. The van der Waals surface area contributed by atoms with Crippen molar-refractivity contribution in [2.24, 2.45) is 11.7 Å². The van der Waals surface area contributed by atoms with Gasteiger partial charge in [-0.2, -0.15) is 0 Å². The summed E-state index contributed by atoms with van der Waals surface area (Å²) in [6.45, 7) is 5.45. The van der Waals surface area contributed by atoms with Crippen LogP contribution in [0, 0.1) is 5.92 Å². The molecule has 0 aliphatic carbocycles. The molecule has 6 nitrogen and oxygen atoms in total. The van der Waals surface area contributed by atoms with E-state index in [1.807, 2.05) is 71.3 Å². The Morgan fingerprint density at radius 2 is 1.83 bits per heavy atom. The molecule has 160 valence electrons. The second-order valence-corrected chi connectivity index (χ2v) is 7.80. The summed E-state index contributed by atoms with van der Waals surface area (Å²) in [6, 6.07) is 17.9. The topological polar surface area (TPSA) is 75.9 Å². The predicted molar refractivity (Wildman–Crippen MR) is 117 cm³/mol. The maximum atomic E-state index is 12.8. The van der Waals surface area contributed by atoms with Crippen LogP contribution < -0.4 is 10.5 Å². The highest BCUT2D eigenvalue weighted by Gasteiger charge is 2.26. The number of nitrogens with zero attached hydrogens (tertiary/aromatic N) is 2. The number of benzene rings is 2. The van der Waals surface area contributed by atoms with E-state index >= 15 is 0 Å². The highest BCUT2D eigenvalue weighted by atomic mass is 16.5. The molecule has 3 rings (SSSR count). The predicted octanol–water partition coefficient (Wildman–Crippen LogP) is 2.81. The molecule has 2 amide bonds. The Bertz CT molecular complexity index is 823. The number of rotatable bonds is 9. The molecule has 1 saturated heterocycles. The van der Waals surface area contributed by atoms with E-state index in [1.165, 1.54) is 0 Å². The number of carbonyl (C=O) groups is 2. The van der Waals surface area contributed by atoms with Gasteiger partial charge < -0.3 is 15.4 Å². The summed E-state index contributed by atoms with van der Waals surface area (Å²) >= 11 is 0. The van der Waals surface area contributed by atoms with Gasteiger partial charge >= 0.3 is 0 Å². The van der Waals surface area contributed by atoms with Gasteiger partial charge in [-0.25, -0.2) is 0 Å². The van der Waals surface area contributed by atoms with Gasteiger partial charge in [0.05, 0.1) is 12.5 Å². The molecular formula is C24H31N3O3. The van der Waals surface area contributed by atoms with Gasteiger partial charge in [0.1, 0.15) is 12.4 Å². The first-order valence-corrected chi connectivity index (χ1v) is 10.6. The normalized spacial score (nSPS) is 16.8. The van der Waals surface area contributed by atoms with Crippen molar-refractivity contribution >= 4 is 11.8 Å². The zero-order valence-electron chi connectivity index (χ0n) is 17.6. The van der Waals surface area contributed by atoms with Gasteiger partial charge in [-0.05, 0) is 49.6 Å². The van der Waals surface area contributed by atoms with Crippen LogP contribution in [0.5, 0.6) is 5.75 Å². The first kappa shape index (κ1) is 21.8. The first-order chi connectivity index (χ1) is 14.5. The fourth-order valence-corrected chi connectivity index (χ4v) is 3.75. The van der Waals surface area contributed by atoms with E-state index < -0.39 is 0 Å². The van der Waals surface area contributed by atoms with Gasteiger partial charge in [0.25, 0.3) is 0 Å². The lowest BCUT2D eigenvalue weighted by atomic mass is 9.97. The van der Waals surface area contributed by atoms with Crippen molar-refractivity contribution in [1.29, 1.82) is 0 Å². The second-order valence-electron chi connectivity index (χ2n) is 7.80. The molecule has 30 heavy (non-hydrogen) atoms. The number of carbonyl (C=O) groups excluding carboxylic acids is 2. The largest absolute Gasteiger partial charge is 0.489 e. The van der Waals surface area contributed by atoms with Crippen molar-refractivity contribution < 1.29 is 14.3 Å². The van der Waals surface area contributed by atoms with Crippen LogP contribution in [-0.4, -0.2) is 47.8 Å². The van der Waals surface area contributed by atoms with E-state index in [4.69, 9.17) is 10.5 Å². The van der Waals surface area contributed by atoms with Crippen molar-refractivity contribution in [3.8, 4) is 5.75 Å². The van der Waals surface area contributed by atoms with E-state index in [1.54, 1.807) is 0 Å². The van der Waals surface area contributed by atoms with Crippen LogP contribution in [0.1, 0.15) is 30.9 Å². The Labute approximate surface area is 178 Å². The zero-order chi connectivity index (χ0) is 21.3. The Morgan fingerprint density at radius 1 is 1.10 bits per heavy atom.